The van der Waals surface area contributed by atoms with E-state index in [1.54, 1.807) is 0 Å². The fourth-order valence-corrected chi connectivity index (χ4v) is 2.26. The fraction of sp³-hybridized carbons (Fsp3) is 0.316. The standard InChI is InChI=1S/C19H24N2O2.ClH/c1-12(2)23-17-10-9-16(11-14(17)4)21-19(22)18(20)15-7-5-13(3)6-8-15;/h5-12,18H,20H2,1-4H3,(H,21,22);1H. The number of ether oxygens (including phenoxy) is 1. The highest BCUT2D eigenvalue weighted by atomic mass is 35.5. The van der Waals surface area contributed by atoms with E-state index in [-0.39, 0.29) is 24.4 Å². The largest absolute Gasteiger partial charge is 0.491 e. The van der Waals surface area contributed by atoms with Crippen molar-refractivity contribution in [3.63, 3.8) is 0 Å². The second kappa shape index (κ2) is 8.71. The quantitative estimate of drug-likeness (QED) is 0.853. The van der Waals surface area contributed by atoms with Crippen LogP contribution in [0.25, 0.3) is 0 Å². The Hall–Kier alpha value is -2.04. The number of hydrogen-bond donors (Lipinski definition) is 2. The molecular weight excluding hydrogens is 324 g/mol. The molecule has 0 saturated heterocycles. The van der Waals surface area contributed by atoms with Gasteiger partial charge in [0.1, 0.15) is 11.8 Å². The highest BCUT2D eigenvalue weighted by Crippen LogP contribution is 2.23. The van der Waals surface area contributed by atoms with Gasteiger partial charge in [-0.2, -0.15) is 0 Å². The number of benzene rings is 2. The highest BCUT2D eigenvalue weighted by Gasteiger charge is 2.16. The third kappa shape index (κ3) is 5.25. The molecule has 2 aromatic carbocycles. The van der Waals surface area contributed by atoms with E-state index in [1.807, 2.05) is 70.2 Å². The van der Waals surface area contributed by atoms with Crippen LogP contribution in [-0.2, 0) is 4.79 Å². The number of carbonyl (C=O) groups is 1. The van der Waals surface area contributed by atoms with E-state index in [4.69, 9.17) is 10.5 Å². The summed E-state index contributed by atoms with van der Waals surface area (Å²) in [4.78, 5) is 12.3. The number of halogens is 1. The van der Waals surface area contributed by atoms with Crippen LogP contribution in [0.4, 0.5) is 5.69 Å². The number of carbonyl (C=O) groups excluding carboxylic acids is 1. The van der Waals surface area contributed by atoms with Crippen LogP contribution in [0.2, 0.25) is 0 Å². The molecule has 1 amide bonds. The number of nitrogens with two attached hydrogens (primary N) is 1. The Labute approximate surface area is 149 Å². The van der Waals surface area contributed by atoms with Gasteiger partial charge in [-0.1, -0.05) is 29.8 Å². The zero-order chi connectivity index (χ0) is 17.0. The number of hydrogen-bond acceptors (Lipinski definition) is 3. The first kappa shape index (κ1) is 20.0. The number of aryl methyl sites for hydroxylation is 2. The molecule has 0 bridgehead atoms. The summed E-state index contributed by atoms with van der Waals surface area (Å²) in [5.41, 5.74) is 9.65. The van der Waals surface area contributed by atoms with E-state index in [0.29, 0.717) is 5.69 Å². The van der Waals surface area contributed by atoms with Crippen LogP contribution in [0.5, 0.6) is 5.75 Å². The number of amides is 1. The topological polar surface area (TPSA) is 64.4 Å². The van der Waals surface area contributed by atoms with Gasteiger partial charge in [0.25, 0.3) is 0 Å². The monoisotopic (exact) mass is 348 g/mol. The smallest absolute Gasteiger partial charge is 0.245 e. The summed E-state index contributed by atoms with van der Waals surface area (Å²) in [6.45, 7) is 7.91. The van der Waals surface area contributed by atoms with Crippen LogP contribution in [-0.4, -0.2) is 12.0 Å². The van der Waals surface area contributed by atoms with E-state index in [2.05, 4.69) is 5.32 Å². The zero-order valence-electron chi connectivity index (χ0n) is 14.5. The van der Waals surface area contributed by atoms with Crippen molar-refractivity contribution in [1.29, 1.82) is 0 Å². The van der Waals surface area contributed by atoms with Crippen molar-refractivity contribution >= 4 is 24.0 Å². The fourth-order valence-electron chi connectivity index (χ4n) is 2.26. The third-order valence-electron chi connectivity index (χ3n) is 3.52. The Balaban J connectivity index is 0.00000288. The van der Waals surface area contributed by atoms with Crippen LogP contribution >= 0.6 is 12.4 Å². The van der Waals surface area contributed by atoms with Crippen molar-refractivity contribution in [2.75, 3.05) is 5.32 Å². The van der Waals surface area contributed by atoms with Gasteiger partial charge in [0.15, 0.2) is 0 Å². The molecule has 130 valence electrons. The Kier molecular flexibility index (Phi) is 7.26. The number of anilines is 1. The maximum absolute atomic E-state index is 12.3. The molecule has 0 fully saturated rings. The van der Waals surface area contributed by atoms with Gasteiger partial charge in [-0.3, -0.25) is 4.79 Å². The predicted molar refractivity (Wildman–Crippen MR) is 101 cm³/mol. The molecule has 4 nitrogen and oxygen atoms in total. The van der Waals surface area contributed by atoms with Crippen LogP contribution in [0.1, 0.15) is 36.6 Å². The van der Waals surface area contributed by atoms with Gasteiger partial charge in [-0.25, -0.2) is 0 Å². The minimum absolute atomic E-state index is 0. The lowest BCUT2D eigenvalue weighted by atomic mass is 10.1. The molecule has 0 saturated carbocycles. The lowest BCUT2D eigenvalue weighted by molar-refractivity contribution is -0.117. The van der Waals surface area contributed by atoms with Gasteiger partial charge >= 0.3 is 0 Å². The summed E-state index contributed by atoms with van der Waals surface area (Å²) < 4.78 is 5.70. The van der Waals surface area contributed by atoms with Gasteiger partial charge in [0.2, 0.25) is 5.91 Å². The van der Waals surface area contributed by atoms with Gasteiger partial charge in [-0.15, -0.1) is 12.4 Å². The van der Waals surface area contributed by atoms with E-state index >= 15 is 0 Å². The molecule has 5 heteroatoms. The normalized spacial score (nSPS) is 11.6. The average molecular weight is 349 g/mol. The Morgan fingerprint density at radius 3 is 2.25 bits per heavy atom. The lowest BCUT2D eigenvalue weighted by Gasteiger charge is -2.16. The van der Waals surface area contributed by atoms with E-state index in [0.717, 1.165) is 22.4 Å². The third-order valence-corrected chi connectivity index (χ3v) is 3.52. The van der Waals surface area contributed by atoms with Gasteiger partial charge < -0.3 is 15.8 Å². The predicted octanol–water partition coefficient (Wildman–Crippen LogP) is 4.15. The van der Waals surface area contributed by atoms with Crippen molar-refractivity contribution < 1.29 is 9.53 Å². The van der Waals surface area contributed by atoms with Crippen molar-refractivity contribution in [3.05, 3.63) is 59.2 Å². The molecule has 2 rings (SSSR count). The SMILES string of the molecule is Cc1ccc(C(N)C(=O)Nc2ccc(OC(C)C)c(C)c2)cc1.Cl. The maximum atomic E-state index is 12.3. The van der Waals surface area contributed by atoms with E-state index in [1.165, 1.54) is 0 Å². The summed E-state index contributed by atoms with van der Waals surface area (Å²) in [7, 11) is 0. The minimum atomic E-state index is -0.692. The molecule has 0 heterocycles. The molecule has 3 N–H and O–H groups in total. The Morgan fingerprint density at radius 2 is 1.71 bits per heavy atom. The molecule has 24 heavy (non-hydrogen) atoms. The van der Waals surface area contributed by atoms with Crippen LogP contribution in [0, 0.1) is 13.8 Å². The van der Waals surface area contributed by atoms with Gasteiger partial charge in [0.05, 0.1) is 6.10 Å². The Morgan fingerprint density at radius 1 is 1.08 bits per heavy atom. The molecule has 1 unspecified atom stereocenters. The molecule has 0 aliphatic carbocycles. The van der Waals surface area contributed by atoms with Crippen molar-refractivity contribution in [2.24, 2.45) is 5.73 Å². The molecule has 1 atom stereocenters. The lowest BCUT2D eigenvalue weighted by Crippen LogP contribution is -2.27. The van der Waals surface area contributed by atoms with Gasteiger partial charge in [-0.05, 0) is 57.0 Å². The first-order chi connectivity index (χ1) is 10.9. The first-order valence-corrected chi connectivity index (χ1v) is 7.77. The number of nitrogens with one attached hydrogen (secondary N) is 1. The molecule has 0 aliphatic heterocycles. The summed E-state index contributed by atoms with van der Waals surface area (Å²) >= 11 is 0. The van der Waals surface area contributed by atoms with E-state index in [9.17, 15) is 4.79 Å². The van der Waals surface area contributed by atoms with Crippen LogP contribution in [0.3, 0.4) is 0 Å². The van der Waals surface area contributed by atoms with Crippen molar-refractivity contribution in [2.45, 2.75) is 39.8 Å². The molecule has 0 spiro atoms. The average Bonchev–Trinajstić information content (AvgIpc) is 2.49. The van der Waals surface area contributed by atoms with Crippen molar-refractivity contribution in [1.82, 2.24) is 0 Å². The summed E-state index contributed by atoms with van der Waals surface area (Å²) in [6.07, 6.45) is 0.115. The summed E-state index contributed by atoms with van der Waals surface area (Å²) in [5, 5.41) is 2.86. The number of rotatable bonds is 5. The first-order valence-electron chi connectivity index (χ1n) is 7.77. The van der Waals surface area contributed by atoms with Crippen molar-refractivity contribution in [3.8, 4) is 5.75 Å². The second-order valence-corrected chi connectivity index (χ2v) is 6.02. The molecule has 0 aromatic heterocycles. The van der Waals surface area contributed by atoms with E-state index < -0.39 is 6.04 Å². The zero-order valence-corrected chi connectivity index (χ0v) is 15.3. The molecule has 2 aromatic rings. The van der Waals surface area contributed by atoms with Crippen LogP contribution in [0.15, 0.2) is 42.5 Å². The summed E-state index contributed by atoms with van der Waals surface area (Å²) in [5.74, 6) is 0.589. The second-order valence-electron chi connectivity index (χ2n) is 6.02. The highest BCUT2D eigenvalue weighted by molar-refractivity contribution is 5.95. The van der Waals surface area contributed by atoms with Crippen LogP contribution < -0.4 is 15.8 Å². The summed E-state index contributed by atoms with van der Waals surface area (Å²) in [6, 6.07) is 12.5. The molecule has 0 radical (unpaired) electrons. The molecular formula is C19H25ClN2O2. The maximum Gasteiger partial charge on any atom is 0.245 e. The minimum Gasteiger partial charge on any atom is -0.491 e. The Bertz CT molecular complexity index is 684. The van der Waals surface area contributed by atoms with Gasteiger partial charge in [0, 0.05) is 5.69 Å². The molecule has 0 aliphatic rings.